The second-order valence-electron chi connectivity index (χ2n) is 5.33. The Kier molecular flexibility index (Phi) is 5.21. The van der Waals surface area contributed by atoms with E-state index in [-0.39, 0.29) is 5.91 Å². The van der Waals surface area contributed by atoms with Gasteiger partial charge in [-0.2, -0.15) is 0 Å². The van der Waals surface area contributed by atoms with E-state index in [4.69, 9.17) is 4.74 Å². The smallest absolute Gasteiger partial charge is 0.257 e. The van der Waals surface area contributed by atoms with Gasteiger partial charge in [0.05, 0.1) is 24.0 Å². The van der Waals surface area contributed by atoms with Gasteiger partial charge in [-0.15, -0.1) is 0 Å². The summed E-state index contributed by atoms with van der Waals surface area (Å²) in [5.74, 6) is 0.361. The van der Waals surface area contributed by atoms with E-state index >= 15 is 0 Å². The number of aromatic nitrogens is 2. The molecule has 0 aliphatic heterocycles. The molecule has 0 aliphatic carbocycles. The highest BCUT2D eigenvalue weighted by Gasteiger charge is 2.10. The lowest BCUT2D eigenvalue weighted by molar-refractivity contribution is 0.102. The van der Waals surface area contributed by atoms with Crippen molar-refractivity contribution in [2.45, 2.75) is 6.54 Å². The van der Waals surface area contributed by atoms with E-state index in [0.29, 0.717) is 23.5 Å². The number of nitrogens with one attached hydrogen (secondary N) is 2. The molecule has 0 saturated carbocycles. The van der Waals surface area contributed by atoms with E-state index in [0.717, 1.165) is 11.3 Å². The third kappa shape index (κ3) is 4.32. The number of carbonyl (C=O) groups excluding carboxylic acids is 1. The van der Waals surface area contributed by atoms with Crippen molar-refractivity contribution in [1.29, 1.82) is 0 Å². The molecule has 2 aromatic heterocycles. The first-order chi connectivity index (χ1) is 12.3. The number of methoxy groups -OCH3 is 1. The Bertz CT molecular complexity index is 853. The molecule has 6 nitrogen and oxygen atoms in total. The van der Waals surface area contributed by atoms with Gasteiger partial charge in [-0.05, 0) is 35.9 Å². The lowest BCUT2D eigenvalue weighted by Gasteiger charge is -2.11. The number of benzene rings is 1. The van der Waals surface area contributed by atoms with Crippen molar-refractivity contribution in [3.63, 3.8) is 0 Å². The number of nitrogens with zero attached hydrogens (tertiary/aromatic N) is 2. The molecule has 0 atom stereocenters. The standard InChI is InChI=1S/C19H18N4O2/c1-25-18-5-3-2-4-17(18)23-19(24)15-10-16(13-21-12-15)22-11-14-6-8-20-9-7-14/h2-10,12-13,22H,11H2,1H3,(H,23,24). The molecular formula is C19H18N4O2. The molecule has 6 heteroatoms. The van der Waals surface area contributed by atoms with Crippen molar-refractivity contribution in [3.8, 4) is 5.75 Å². The Hall–Kier alpha value is -3.41. The van der Waals surface area contributed by atoms with E-state index in [1.165, 1.54) is 6.20 Å². The van der Waals surface area contributed by atoms with Crippen LogP contribution in [-0.2, 0) is 6.54 Å². The maximum absolute atomic E-state index is 12.5. The van der Waals surface area contributed by atoms with Gasteiger partial charge in [0, 0.05) is 31.3 Å². The van der Waals surface area contributed by atoms with Gasteiger partial charge in [0.25, 0.3) is 5.91 Å². The number of amides is 1. The van der Waals surface area contributed by atoms with E-state index in [1.54, 1.807) is 43.9 Å². The number of pyridine rings is 2. The number of anilines is 2. The van der Waals surface area contributed by atoms with Crippen LogP contribution < -0.4 is 15.4 Å². The summed E-state index contributed by atoms with van der Waals surface area (Å²) in [6.07, 6.45) is 6.70. The van der Waals surface area contributed by atoms with Crippen LogP contribution in [0.4, 0.5) is 11.4 Å². The number of hydrogen-bond acceptors (Lipinski definition) is 5. The number of para-hydroxylation sites is 2. The molecule has 0 fully saturated rings. The highest BCUT2D eigenvalue weighted by molar-refractivity contribution is 6.05. The lowest BCUT2D eigenvalue weighted by atomic mass is 10.2. The fraction of sp³-hybridized carbons (Fsp3) is 0.105. The van der Waals surface area contributed by atoms with Gasteiger partial charge in [-0.1, -0.05) is 12.1 Å². The summed E-state index contributed by atoms with van der Waals surface area (Å²) in [7, 11) is 1.57. The predicted octanol–water partition coefficient (Wildman–Crippen LogP) is 3.35. The molecule has 1 amide bonds. The van der Waals surface area contributed by atoms with Crippen LogP contribution in [0.5, 0.6) is 5.75 Å². The Morgan fingerprint density at radius 3 is 2.68 bits per heavy atom. The van der Waals surface area contributed by atoms with Crippen molar-refractivity contribution < 1.29 is 9.53 Å². The zero-order valence-electron chi connectivity index (χ0n) is 13.8. The summed E-state index contributed by atoms with van der Waals surface area (Å²) < 4.78 is 5.25. The van der Waals surface area contributed by atoms with E-state index in [9.17, 15) is 4.79 Å². The Labute approximate surface area is 145 Å². The molecule has 1 aromatic carbocycles. The van der Waals surface area contributed by atoms with Crippen molar-refractivity contribution in [3.05, 3.63) is 78.4 Å². The van der Waals surface area contributed by atoms with Crippen LogP contribution in [-0.4, -0.2) is 23.0 Å². The molecular weight excluding hydrogens is 316 g/mol. The number of hydrogen-bond donors (Lipinski definition) is 2. The van der Waals surface area contributed by atoms with Crippen LogP contribution in [0.1, 0.15) is 15.9 Å². The molecule has 0 radical (unpaired) electrons. The molecule has 3 rings (SSSR count). The van der Waals surface area contributed by atoms with Gasteiger partial charge in [0.2, 0.25) is 0 Å². The summed E-state index contributed by atoms with van der Waals surface area (Å²) in [5, 5.41) is 6.09. The minimum Gasteiger partial charge on any atom is -0.495 e. The molecule has 3 aromatic rings. The second-order valence-corrected chi connectivity index (χ2v) is 5.33. The highest BCUT2D eigenvalue weighted by atomic mass is 16.5. The minimum absolute atomic E-state index is 0.246. The third-order valence-corrected chi connectivity index (χ3v) is 3.60. The summed E-state index contributed by atoms with van der Waals surface area (Å²) >= 11 is 0. The summed E-state index contributed by atoms with van der Waals surface area (Å²) in [4.78, 5) is 20.6. The molecule has 2 heterocycles. The molecule has 126 valence electrons. The van der Waals surface area contributed by atoms with E-state index in [1.807, 2.05) is 24.3 Å². The largest absolute Gasteiger partial charge is 0.495 e. The summed E-state index contributed by atoms with van der Waals surface area (Å²) in [6, 6.07) is 12.9. The van der Waals surface area contributed by atoms with Gasteiger partial charge in [0.15, 0.2) is 0 Å². The first-order valence-electron chi connectivity index (χ1n) is 7.78. The fourth-order valence-electron chi connectivity index (χ4n) is 2.31. The maximum atomic E-state index is 12.5. The van der Waals surface area contributed by atoms with E-state index in [2.05, 4.69) is 20.6 Å². The summed E-state index contributed by atoms with van der Waals surface area (Å²) in [6.45, 7) is 0.627. The molecule has 0 aliphatic rings. The van der Waals surface area contributed by atoms with Crippen LogP contribution in [0.3, 0.4) is 0 Å². The Morgan fingerprint density at radius 1 is 1.08 bits per heavy atom. The average molecular weight is 334 g/mol. The SMILES string of the molecule is COc1ccccc1NC(=O)c1cncc(NCc2ccncc2)c1. The molecule has 0 spiro atoms. The number of rotatable bonds is 6. The van der Waals surface area contributed by atoms with Crippen LogP contribution >= 0.6 is 0 Å². The third-order valence-electron chi connectivity index (χ3n) is 3.60. The number of ether oxygens (including phenoxy) is 1. The van der Waals surface area contributed by atoms with Crippen molar-refractivity contribution in [2.75, 3.05) is 17.7 Å². The molecule has 25 heavy (non-hydrogen) atoms. The number of carbonyl (C=O) groups is 1. The van der Waals surface area contributed by atoms with Crippen molar-refractivity contribution in [2.24, 2.45) is 0 Å². The normalized spacial score (nSPS) is 10.1. The monoisotopic (exact) mass is 334 g/mol. The van der Waals surface area contributed by atoms with Crippen molar-refractivity contribution in [1.82, 2.24) is 9.97 Å². The predicted molar refractivity (Wildman–Crippen MR) is 96.7 cm³/mol. The van der Waals surface area contributed by atoms with Crippen molar-refractivity contribution >= 4 is 17.3 Å². The zero-order valence-corrected chi connectivity index (χ0v) is 13.8. The maximum Gasteiger partial charge on any atom is 0.257 e. The van der Waals surface area contributed by atoms with Gasteiger partial charge in [-0.25, -0.2) is 0 Å². The molecule has 2 N–H and O–H groups in total. The fourth-order valence-corrected chi connectivity index (χ4v) is 2.31. The minimum atomic E-state index is -0.246. The Balaban J connectivity index is 1.69. The Morgan fingerprint density at radius 2 is 1.88 bits per heavy atom. The zero-order chi connectivity index (χ0) is 17.5. The van der Waals surface area contributed by atoms with Crippen LogP contribution in [0.15, 0.2) is 67.3 Å². The molecule has 0 unspecified atom stereocenters. The lowest BCUT2D eigenvalue weighted by Crippen LogP contribution is -2.13. The second kappa shape index (κ2) is 7.92. The van der Waals surface area contributed by atoms with E-state index < -0.39 is 0 Å². The van der Waals surface area contributed by atoms with Gasteiger partial charge >= 0.3 is 0 Å². The first-order valence-corrected chi connectivity index (χ1v) is 7.78. The van der Waals surface area contributed by atoms with Crippen LogP contribution in [0.25, 0.3) is 0 Å². The summed E-state index contributed by atoms with van der Waals surface area (Å²) in [5.41, 5.74) is 2.94. The highest BCUT2D eigenvalue weighted by Crippen LogP contribution is 2.23. The van der Waals surface area contributed by atoms with Gasteiger partial charge < -0.3 is 15.4 Å². The first kappa shape index (κ1) is 16.4. The van der Waals surface area contributed by atoms with Crippen LogP contribution in [0.2, 0.25) is 0 Å². The average Bonchev–Trinajstić information content (AvgIpc) is 2.68. The molecule has 0 bridgehead atoms. The quantitative estimate of drug-likeness (QED) is 0.723. The van der Waals surface area contributed by atoms with Gasteiger partial charge in [0.1, 0.15) is 5.75 Å². The van der Waals surface area contributed by atoms with Gasteiger partial charge in [-0.3, -0.25) is 14.8 Å². The molecule has 0 saturated heterocycles. The van der Waals surface area contributed by atoms with Crippen LogP contribution in [0, 0.1) is 0 Å². The topological polar surface area (TPSA) is 76.1 Å².